The number of methoxy groups -OCH3 is 2. The van der Waals surface area contributed by atoms with Crippen LogP contribution in [0.4, 0.5) is 0 Å². The van der Waals surface area contributed by atoms with E-state index in [9.17, 15) is 19.2 Å². The highest BCUT2D eigenvalue weighted by molar-refractivity contribution is 6.42. The third-order valence-corrected chi connectivity index (χ3v) is 5.27. The van der Waals surface area contributed by atoms with Crippen molar-refractivity contribution in [3.05, 3.63) is 45.0 Å². The van der Waals surface area contributed by atoms with Gasteiger partial charge >= 0.3 is 23.9 Å². The molecule has 168 valence electrons. The van der Waals surface area contributed by atoms with Crippen LogP contribution in [-0.4, -0.2) is 56.8 Å². The van der Waals surface area contributed by atoms with Gasteiger partial charge in [-0.05, 0) is 31.5 Å². The van der Waals surface area contributed by atoms with Gasteiger partial charge in [0, 0.05) is 0 Å². The Morgan fingerprint density at radius 3 is 1.94 bits per heavy atom. The van der Waals surface area contributed by atoms with Crippen molar-refractivity contribution < 1.29 is 38.1 Å². The number of carbonyl (C=O) groups is 4. The van der Waals surface area contributed by atoms with Crippen LogP contribution in [0.15, 0.2) is 29.3 Å². The third-order valence-electron chi connectivity index (χ3n) is 4.53. The van der Waals surface area contributed by atoms with E-state index in [0.717, 1.165) is 14.2 Å². The van der Waals surface area contributed by atoms with Gasteiger partial charge in [-0.15, -0.1) is 0 Å². The monoisotopic (exact) mass is 473 g/mol. The van der Waals surface area contributed by atoms with Crippen LogP contribution in [-0.2, 0) is 38.1 Å². The molecule has 0 fully saturated rings. The molecule has 0 saturated carbocycles. The van der Waals surface area contributed by atoms with Crippen LogP contribution in [0, 0.1) is 0 Å². The molecule has 0 saturated heterocycles. The van der Waals surface area contributed by atoms with Crippen molar-refractivity contribution >= 4 is 47.1 Å². The molecule has 1 atom stereocenters. The molecule has 0 aromatic heterocycles. The lowest BCUT2D eigenvalue weighted by molar-refractivity contribution is -0.165. The van der Waals surface area contributed by atoms with Crippen molar-refractivity contribution in [2.75, 3.05) is 27.4 Å². The zero-order valence-electron chi connectivity index (χ0n) is 17.2. The molecule has 0 amide bonds. The summed E-state index contributed by atoms with van der Waals surface area (Å²) in [4.78, 5) is 51.6. The number of benzene rings is 1. The quantitative estimate of drug-likeness (QED) is 0.360. The number of hydrogen-bond acceptors (Lipinski definition) is 9. The topological polar surface area (TPSA) is 117 Å². The largest absolute Gasteiger partial charge is 0.466 e. The van der Waals surface area contributed by atoms with Crippen molar-refractivity contribution in [3.63, 3.8) is 0 Å². The molecular formula is C20H21Cl2NO8. The second kappa shape index (κ2) is 10.1. The van der Waals surface area contributed by atoms with E-state index in [1.807, 2.05) is 0 Å². The highest BCUT2D eigenvalue weighted by atomic mass is 35.5. The van der Waals surface area contributed by atoms with Gasteiger partial charge in [-0.1, -0.05) is 29.3 Å². The summed E-state index contributed by atoms with van der Waals surface area (Å²) in [6, 6.07) is 3.22. The summed E-state index contributed by atoms with van der Waals surface area (Å²) in [7, 11) is 2.13. The van der Waals surface area contributed by atoms with Crippen LogP contribution >= 0.6 is 23.2 Å². The first-order valence-electron chi connectivity index (χ1n) is 9.17. The number of nitrogens with one attached hydrogen (secondary N) is 1. The number of ether oxygens (including phenoxy) is 4. The Kier molecular flexibility index (Phi) is 8.05. The van der Waals surface area contributed by atoms with Gasteiger partial charge in [0.05, 0.1) is 54.7 Å². The van der Waals surface area contributed by atoms with Crippen LogP contribution in [0.2, 0.25) is 10.0 Å². The Labute approximate surface area is 188 Å². The Bertz CT molecular complexity index is 925. The average molecular weight is 474 g/mol. The lowest BCUT2D eigenvalue weighted by Gasteiger charge is -2.28. The molecular weight excluding hydrogens is 453 g/mol. The molecule has 1 aliphatic rings. The lowest BCUT2D eigenvalue weighted by Crippen LogP contribution is -2.60. The first kappa shape index (κ1) is 24.6. The third kappa shape index (κ3) is 4.39. The summed E-state index contributed by atoms with van der Waals surface area (Å²) < 4.78 is 19.8. The SMILES string of the molecule is CCOC(=O)C1(C(=O)OCC)NC(c2ccc(Cl)c(Cl)c2)C(C(=O)OC)=C1C(=O)OC. The van der Waals surface area contributed by atoms with Crippen molar-refractivity contribution in [2.45, 2.75) is 25.4 Å². The van der Waals surface area contributed by atoms with Gasteiger partial charge in [-0.3, -0.25) is 5.32 Å². The lowest BCUT2D eigenvalue weighted by atomic mass is 9.88. The summed E-state index contributed by atoms with van der Waals surface area (Å²) in [5, 5.41) is 3.13. The smallest absolute Gasteiger partial charge is 0.343 e. The van der Waals surface area contributed by atoms with Gasteiger partial charge in [0.15, 0.2) is 0 Å². The van der Waals surface area contributed by atoms with Crippen molar-refractivity contribution in [1.29, 1.82) is 0 Å². The summed E-state index contributed by atoms with van der Waals surface area (Å²) in [5.41, 5.74) is -3.06. The van der Waals surface area contributed by atoms with Gasteiger partial charge < -0.3 is 18.9 Å². The van der Waals surface area contributed by atoms with E-state index >= 15 is 0 Å². The normalized spacial score (nSPS) is 17.2. The fourth-order valence-corrected chi connectivity index (χ4v) is 3.53. The van der Waals surface area contributed by atoms with E-state index in [1.54, 1.807) is 0 Å². The van der Waals surface area contributed by atoms with Crippen molar-refractivity contribution in [1.82, 2.24) is 5.32 Å². The highest BCUT2D eigenvalue weighted by Crippen LogP contribution is 2.42. The summed E-state index contributed by atoms with van der Waals surface area (Å²) in [6.45, 7) is 2.82. The van der Waals surface area contributed by atoms with Crippen LogP contribution in [0.1, 0.15) is 25.5 Å². The van der Waals surface area contributed by atoms with E-state index in [-0.39, 0.29) is 28.8 Å². The molecule has 0 bridgehead atoms. The minimum absolute atomic E-state index is 0.110. The Hall–Kier alpha value is -2.62. The number of hydrogen-bond donors (Lipinski definition) is 1. The molecule has 11 heteroatoms. The minimum Gasteiger partial charge on any atom is -0.466 e. The maximum Gasteiger partial charge on any atom is 0.343 e. The zero-order valence-corrected chi connectivity index (χ0v) is 18.8. The van der Waals surface area contributed by atoms with Gasteiger partial charge in [0.1, 0.15) is 0 Å². The average Bonchev–Trinajstić information content (AvgIpc) is 3.12. The van der Waals surface area contributed by atoms with Crippen molar-refractivity contribution in [2.24, 2.45) is 0 Å². The molecule has 0 aliphatic carbocycles. The number of rotatable bonds is 7. The molecule has 0 radical (unpaired) electrons. The predicted molar refractivity (Wildman–Crippen MR) is 109 cm³/mol. The Balaban J connectivity index is 2.89. The molecule has 2 rings (SSSR count). The number of halogens is 2. The molecule has 0 spiro atoms. The standard InChI is InChI=1S/C20H21Cl2NO8/c1-5-30-18(26)20(19(27)31-6-2)14(17(25)29-4)13(16(24)28-3)15(23-20)10-7-8-11(21)12(22)9-10/h7-9,15,23H,5-6H2,1-4H3. The molecule has 1 unspecified atom stereocenters. The minimum atomic E-state index is -2.47. The summed E-state index contributed by atoms with van der Waals surface area (Å²) >= 11 is 12.1. The van der Waals surface area contributed by atoms with E-state index < -0.39 is 41.0 Å². The summed E-state index contributed by atoms with van der Waals surface area (Å²) in [6.07, 6.45) is 0. The molecule has 1 aliphatic heterocycles. The number of esters is 4. The molecule has 9 nitrogen and oxygen atoms in total. The summed E-state index contributed by atoms with van der Waals surface area (Å²) in [5.74, 6) is -4.37. The Morgan fingerprint density at radius 2 is 1.48 bits per heavy atom. The van der Waals surface area contributed by atoms with Gasteiger partial charge in [0.25, 0.3) is 0 Å². The number of carbonyl (C=O) groups excluding carboxylic acids is 4. The second-order valence-electron chi connectivity index (χ2n) is 6.21. The molecule has 1 heterocycles. The first-order chi connectivity index (χ1) is 14.7. The van der Waals surface area contributed by atoms with Crippen molar-refractivity contribution in [3.8, 4) is 0 Å². The zero-order chi connectivity index (χ0) is 23.3. The van der Waals surface area contributed by atoms with Gasteiger partial charge in [0.2, 0.25) is 5.54 Å². The van der Waals surface area contributed by atoms with E-state index in [0.29, 0.717) is 5.56 Å². The van der Waals surface area contributed by atoms with E-state index in [4.69, 9.17) is 42.1 Å². The molecule has 31 heavy (non-hydrogen) atoms. The molecule has 1 aromatic carbocycles. The van der Waals surface area contributed by atoms with Gasteiger partial charge in [-0.2, -0.15) is 0 Å². The molecule has 1 aromatic rings. The second-order valence-corrected chi connectivity index (χ2v) is 7.03. The first-order valence-corrected chi connectivity index (χ1v) is 9.93. The van der Waals surface area contributed by atoms with Crippen LogP contribution < -0.4 is 5.32 Å². The maximum atomic E-state index is 13.0. The fraction of sp³-hybridized carbons (Fsp3) is 0.400. The van der Waals surface area contributed by atoms with E-state index in [2.05, 4.69) is 5.32 Å². The van der Waals surface area contributed by atoms with Gasteiger partial charge in [-0.25, -0.2) is 19.2 Å². The molecule has 1 N–H and O–H groups in total. The van der Waals surface area contributed by atoms with Crippen LogP contribution in [0.3, 0.4) is 0 Å². The highest BCUT2D eigenvalue weighted by Gasteiger charge is 2.63. The van der Waals surface area contributed by atoms with Crippen LogP contribution in [0.25, 0.3) is 0 Å². The fourth-order valence-electron chi connectivity index (χ4n) is 3.23. The predicted octanol–water partition coefficient (Wildman–Crippen LogP) is 2.15. The Morgan fingerprint density at radius 1 is 0.935 bits per heavy atom. The van der Waals surface area contributed by atoms with E-state index in [1.165, 1.54) is 32.0 Å². The maximum absolute atomic E-state index is 13.0. The van der Waals surface area contributed by atoms with Crippen LogP contribution in [0.5, 0.6) is 0 Å².